The first kappa shape index (κ1) is 25.0. The van der Waals surface area contributed by atoms with Gasteiger partial charge in [0.05, 0.1) is 23.6 Å². The summed E-state index contributed by atoms with van der Waals surface area (Å²) in [6.07, 6.45) is 2.24. The summed E-state index contributed by atoms with van der Waals surface area (Å²) in [6, 6.07) is 16.7. The fourth-order valence-electron chi connectivity index (χ4n) is 4.79. The zero-order valence-corrected chi connectivity index (χ0v) is 20.9. The van der Waals surface area contributed by atoms with Crippen molar-refractivity contribution < 1.29 is 24.4 Å². The predicted octanol–water partition coefficient (Wildman–Crippen LogP) is 5.40. The lowest BCUT2D eigenvalue weighted by atomic mass is 9.95. The molecule has 4 aromatic rings. The van der Waals surface area contributed by atoms with Gasteiger partial charge < -0.3 is 19.7 Å². The van der Waals surface area contributed by atoms with Gasteiger partial charge in [-0.05, 0) is 41.8 Å². The van der Waals surface area contributed by atoms with Gasteiger partial charge in [-0.2, -0.15) is 0 Å². The number of aliphatic hydroxyl groups excluding tert-OH is 1. The molecule has 3 aromatic carbocycles. The number of aliphatic hydroxyl groups is 1. The van der Waals surface area contributed by atoms with Gasteiger partial charge in [-0.1, -0.05) is 41.9 Å². The highest BCUT2D eigenvalue weighted by Crippen LogP contribution is 2.42. The van der Waals surface area contributed by atoms with Crippen LogP contribution in [0.15, 0.2) is 78.5 Å². The van der Waals surface area contributed by atoms with Crippen molar-refractivity contribution in [2.75, 3.05) is 13.7 Å². The lowest BCUT2D eigenvalue weighted by Crippen LogP contribution is -2.31. The number of nitro benzene ring substituents is 1. The molecule has 2 heterocycles. The van der Waals surface area contributed by atoms with E-state index in [9.17, 15) is 24.8 Å². The Morgan fingerprint density at radius 2 is 1.92 bits per heavy atom. The number of hydrogen-bond donors (Lipinski definition) is 2. The standard InChI is InChI=1S/C28H22ClN3O6/c1-38-19-9-10-23-21(14-19)17(15-30-23)11-12-31-25(20-7-2-3-8-22(20)29)24(27(34)28(31)35)26(33)16-5-4-6-18(13-16)32(36)37/h2-10,13-15,25,30,33H,11-12H2,1H3/b26-24-. The molecule has 0 saturated carbocycles. The number of rotatable bonds is 7. The second kappa shape index (κ2) is 10.0. The quantitative estimate of drug-likeness (QED) is 0.108. The van der Waals surface area contributed by atoms with Gasteiger partial charge in [-0.15, -0.1) is 0 Å². The molecule has 0 bridgehead atoms. The smallest absolute Gasteiger partial charge is 0.295 e. The van der Waals surface area contributed by atoms with Gasteiger partial charge in [0, 0.05) is 46.4 Å². The van der Waals surface area contributed by atoms with Crippen LogP contribution in [-0.2, 0) is 16.0 Å². The Kier molecular flexibility index (Phi) is 6.61. The molecule has 1 atom stereocenters. The molecule has 0 aliphatic carbocycles. The number of fused-ring (bicyclic) bond motifs is 1. The van der Waals surface area contributed by atoms with E-state index in [2.05, 4.69) is 4.98 Å². The van der Waals surface area contributed by atoms with Crippen molar-refractivity contribution in [2.45, 2.75) is 12.5 Å². The molecule has 0 spiro atoms. The third-order valence-electron chi connectivity index (χ3n) is 6.67. The molecule has 10 heteroatoms. The number of carbonyl (C=O) groups is 2. The summed E-state index contributed by atoms with van der Waals surface area (Å²) in [5.41, 5.74) is 1.89. The molecule has 1 amide bonds. The Balaban J connectivity index is 1.58. The van der Waals surface area contributed by atoms with Crippen LogP contribution in [0, 0.1) is 10.1 Å². The van der Waals surface area contributed by atoms with Crippen LogP contribution in [0.2, 0.25) is 5.02 Å². The number of nitrogens with one attached hydrogen (secondary N) is 1. The normalized spacial score (nSPS) is 16.8. The first-order chi connectivity index (χ1) is 18.3. The van der Waals surface area contributed by atoms with Crippen LogP contribution in [0.25, 0.3) is 16.7 Å². The van der Waals surface area contributed by atoms with Gasteiger partial charge in [-0.3, -0.25) is 19.7 Å². The summed E-state index contributed by atoms with van der Waals surface area (Å²) >= 11 is 6.50. The summed E-state index contributed by atoms with van der Waals surface area (Å²) in [6.45, 7) is 0.149. The van der Waals surface area contributed by atoms with Crippen molar-refractivity contribution in [1.29, 1.82) is 0 Å². The Hall–Kier alpha value is -4.63. The topological polar surface area (TPSA) is 126 Å². The largest absolute Gasteiger partial charge is 0.507 e. The number of aromatic nitrogens is 1. The first-order valence-electron chi connectivity index (χ1n) is 11.7. The fraction of sp³-hybridized carbons (Fsp3) is 0.143. The minimum Gasteiger partial charge on any atom is -0.507 e. The van der Waals surface area contributed by atoms with Crippen molar-refractivity contribution in [1.82, 2.24) is 9.88 Å². The number of likely N-dealkylation sites (tertiary alicyclic amines) is 1. The lowest BCUT2D eigenvalue weighted by molar-refractivity contribution is -0.384. The summed E-state index contributed by atoms with van der Waals surface area (Å²) in [7, 11) is 1.58. The molecular formula is C28H22ClN3O6. The number of benzene rings is 3. The minimum absolute atomic E-state index is 0.0537. The fourth-order valence-corrected chi connectivity index (χ4v) is 5.02. The minimum atomic E-state index is -0.984. The van der Waals surface area contributed by atoms with Gasteiger partial charge in [0.15, 0.2) is 0 Å². The van der Waals surface area contributed by atoms with E-state index in [1.165, 1.54) is 23.1 Å². The Morgan fingerprint density at radius 1 is 1.13 bits per heavy atom. The van der Waals surface area contributed by atoms with Gasteiger partial charge >= 0.3 is 0 Å². The number of carbonyl (C=O) groups excluding carboxylic acids is 2. The van der Waals surface area contributed by atoms with E-state index < -0.39 is 28.4 Å². The Morgan fingerprint density at radius 3 is 2.66 bits per heavy atom. The number of amides is 1. The maximum Gasteiger partial charge on any atom is 0.295 e. The third kappa shape index (κ3) is 4.37. The first-order valence-corrected chi connectivity index (χ1v) is 12.1. The number of Topliss-reactive ketones (excluding diaryl/α,β-unsaturated/α-hetero) is 1. The summed E-state index contributed by atoms with van der Waals surface area (Å²) in [4.78, 5) is 41.8. The Bertz CT molecular complexity index is 1630. The zero-order valence-electron chi connectivity index (χ0n) is 20.2. The molecule has 5 rings (SSSR count). The summed E-state index contributed by atoms with van der Waals surface area (Å²) < 4.78 is 5.34. The second-order valence-corrected chi connectivity index (χ2v) is 9.20. The van der Waals surface area contributed by atoms with Crippen molar-refractivity contribution in [3.63, 3.8) is 0 Å². The number of ether oxygens (including phenoxy) is 1. The molecule has 1 unspecified atom stereocenters. The van der Waals surface area contributed by atoms with Crippen LogP contribution >= 0.6 is 11.6 Å². The number of ketones is 1. The average Bonchev–Trinajstić information content (AvgIpc) is 3.44. The van der Waals surface area contributed by atoms with Crippen molar-refractivity contribution in [3.8, 4) is 5.75 Å². The highest BCUT2D eigenvalue weighted by molar-refractivity contribution is 6.47. The van der Waals surface area contributed by atoms with Gasteiger partial charge in [0.2, 0.25) is 0 Å². The van der Waals surface area contributed by atoms with Crippen LogP contribution in [-0.4, -0.2) is 45.3 Å². The summed E-state index contributed by atoms with van der Waals surface area (Å²) in [5.74, 6) is -1.50. The van der Waals surface area contributed by atoms with E-state index in [1.54, 1.807) is 31.4 Å². The number of halogens is 1. The number of nitrogens with zero attached hydrogens (tertiary/aromatic N) is 2. The predicted molar refractivity (Wildman–Crippen MR) is 142 cm³/mol. The maximum absolute atomic E-state index is 13.3. The van der Waals surface area contributed by atoms with Gasteiger partial charge in [0.25, 0.3) is 17.4 Å². The molecule has 192 valence electrons. The van der Waals surface area contributed by atoms with Crippen LogP contribution in [0.3, 0.4) is 0 Å². The van der Waals surface area contributed by atoms with E-state index in [0.29, 0.717) is 22.8 Å². The van der Waals surface area contributed by atoms with E-state index in [0.717, 1.165) is 22.5 Å². The number of nitro groups is 1. The van der Waals surface area contributed by atoms with Gasteiger partial charge in [0.1, 0.15) is 11.5 Å². The number of aromatic amines is 1. The van der Waals surface area contributed by atoms with Crippen LogP contribution in [0.5, 0.6) is 5.75 Å². The van der Waals surface area contributed by atoms with Crippen molar-refractivity contribution in [3.05, 3.63) is 110 Å². The van der Waals surface area contributed by atoms with E-state index >= 15 is 0 Å². The van der Waals surface area contributed by atoms with E-state index in [-0.39, 0.29) is 23.4 Å². The maximum atomic E-state index is 13.3. The average molecular weight is 532 g/mol. The van der Waals surface area contributed by atoms with E-state index in [4.69, 9.17) is 16.3 Å². The molecule has 1 aromatic heterocycles. The highest BCUT2D eigenvalue weighted by atomic mass is 35.5. The van der Waals surface area contributed by atoms with Crippen molar-refractivity contribution in [2.24, 2.45) is 0 Å². The Labute approximate surface area is 222 Å². The molecule has 1 aliphatic rings. The molecule has 0 radical (unpaired) electrons. The molecule has 9 nitrogen and oxygen atoms in total. The number of hydrogen-bond acceptors (Lipinski definition) is 6. The van der Waals surface area contributed by atoms with Gasteiger partial charge in [-0.25, -0.2) is 0 Å². The molecule has 2 N–H and O–H groups in total. The molecule has 1 fully saturated rings. The lowest BCUT2D eigenvalue weighted by Gasteiger charge is -2.26. The number of methoxy groups -OCH3 is 1. The SMILES string of the molecule is COc1ccc2[nH]cc(CCN3C(=O)C(=O)/C(=C(\O)c4cccc([N+](=O)[O-])c4)C3c3ccccc3Cl)c2c1. The number of H-pyrrole nitrogens is 1. The van der Waals surface area contributed by atoms with E-state index in [1.807, 2.05) is 24.4 Å². The monoisotopic (exact) mass is 531 g/mol. The summed E-state index contributed by atoms with van der Waals surface area (Å²) in [5, 5.41) is 23.7. The van der Waals surface area contributed by atoms with Crippen LogP contribution < -0.4 is 4.74 Å². The zero-order chi connectivity index (χ0) is 27.0. The highest BCUT2D eigenvalue weighted by Gasteiger charge is 2.46. The van der Waals surface area contributed by atoms with Crippen LogP contribution in [0.4, 0.5) is 5.69 Å². The third-order valence-corrected chi connectivity index (χ3v) is 7.01. The van der Waals surface area contributed by atoms with Crippen LogP contribution in [0.1, 0.15) is 22.7 Å². The second-order valence-electron chi connectivity index (χ2n) is 8.80. The molecule has 1 saturated heterocycles. The molecular weight excluding hydrogens is 510 g/mol. The molecule has 1 aliphatic heterocycles. The molecule has 38 heavy (non-hydrogen) atoms. The van der Waals surface area contributed by atoms with Crippen molar-refractivity contribution >= 4 is 45.6 Å². The number of non-ortho nitro benzene ring substituents is 1.